The van der Waals surface area contributed by atoms with Gasteiger partial charge in [-0.05, 0) is 37.5 Å². The molecule has 1 saturated heterocycles. The molecule has 0 radical (unpaired) electrons. The van der Waals surface area contributed by atoms with Gasteiger partial charge >= 0.3 is 0 Å². The van der Waals surface area contributed by atoms with Gasteiger partial charge in [0, 0.05) is 11.1 Å². The Morgan fingerprint density at radius 1 is 1.53 bits per heavy atom. The van der Waals surface area contributed by atoms with E-state index in [2.05, 4.69) is 27.3 Å². The molecular weight excluding hydrogens is 308 g/mol. The molecule has 0 bridgehead atoms. The molecule has 2 rings (SSSR count). The average molecular weight is 323 g/mol. The topological polar surface area (TPSA) is 62.1 Å². The zero-order valence-corrected chi connectivity index (χ0v) is 12.1. The van der Waals surface area contributed by atoms with Crippen LogP contribution in [0.25, 0.3) is 0 Å². The van der Waals surface area contributed by atoms with Gasteiger partial charge in [-0.3, -0.25) is 4.79 Å². The van der Waals surface area contributed by atoms with Gasteiger partial charge in [-0.2, -0.15) is 5.26 Å². The number of nitrogens with zero attached hydrogens (tertiary/aromatic N) is 1. The number of carbonyl (C=O) groups is 1. The molecule has 5 heteroatoms. The second-order valence-corrected chi connectivity index (χ2v) is 5.46. The van der Waals surface area contributed by atoms with Crippen LogP contribution in [0.4, 0.5) is 5.69 Å². The number of ether oxygens (including phenoxy) is 1. The van der Waals surface area contributed by atoms with Crippen LogP contribution >= 0.6 is 15.9 Å². The van der Waals surface area contributed by atoms with Crippen LogP contribution in [-0.2, 0) is 9.53 Å². The molecule has 4 nitrogen and oxygen atoms in total. The van der Waals surface area contributed by atoms with E-state index in [0.29, 0.717) is 17.7 Å². The average Bonchev–Trinajstić information content (AvgIpc) is 2.40. The molecule has 1 aliphatic heterocycles. The summed E-state index contributed by atoms with van der Waals surface area (Å²) >= 11 is 3.33. The normalized spacial score (nSPS) is 18.6. The zero-order valence-electron chi connectivity index (χ0n) is 10.5. The van der Waals surface area contributed by atoms with Crippen LogP contribution in [0.1, 0.15) is 31.2 Å². The minimum Gasteiger partial charge on any atom is -0.378 e. The van der Waals surface area contributed by atoms with Crippen molar-refractivity contribution in [2.75, 3.05) is 11.9 Å². The Hall–Kier alpha value is -1.38. The summed E-state index contributed by atoms with van der Waals surface area (Å²) in [6, 6.07) is 7.25. The predicted molar refractivity (Wildman–Crippen MR) is 75.7 cm³/mol. The summed E-state index contributed by atoms with van der Waals surface area (Å²) in [5.41, 5.74) is 0.999. The van der Waals surface area contributed by atoms with Crippen molar-refractivity contribution in [1.29, 1.82) is 5.26 Å². The van der Waals surface area contributed by atoms with Crippen LogP contribution in [-0.4, -0.2) is 18.6 Å². The van der Waals surface area contributed by atoms with Crippen molar-refractivity contribution in [2.45, 2.75) is 31.8 Å². The number of hydrogen-bond acceptors (Lipinski definition) is 3. The van der Waals surface area contributed by atoms with Crippen LogP contribution in [0.5, 0.6) is 0 Å². The van der Waals surface area contributed by atoms with E-state index in [0.717, 1.165) is 30.3 Å². The molecule has 0 spiro atoms. The van der Waals surface area contributed by atoms with Crippen LogP contribution in [0.2, 0.25) is 0 Å². The number of nitrogens with one attached hydrogen (secondary N) is 1. The van der Waals surface area contributed by atoms with Gasteiger partial charge in [0.25, 0.3) is 0 Å². The number of amides is 1. The van der Waals surface area contributed by atoms with Crippen molar-refractivity contribution >= 4 is 27.5 Å². The number of halogens is 1. The lowest BCUT2D eigenvalue weighted by molar-refractivity contribution is -0.119. The smallest absolute Gasteiger partial charge is 0.227 e. The third kappa shape index (κ3) is 4.05. The maximum atomic E-state index is 11.9. The molecule has 1 amide bonds. The first-order valence-electron chi connectivity index (χ1n) is 6.30. The Labute approximate surface area is 120 Å². The van der Waals surface area contributed by atoms with Crippen molar-refractivity contribution in [3.8, 4) is 6.07 Å². The molecule has 1 aromatic carbocycles. The summed E-state index contributed by atoms with van der Waals surface area (Å²) in [5.74, 6) is -0.110. The Kier molecular flexibility index (Phi) is 4.94. The Bertz CT molecular complexity index is 505. The van der Waals surface area contributed by atoms with E-state index in [4.69, 9.17) is 10.00 Å². The van der Waals surface area contributed by atoms with Gasteiger partial charge < -0.3 is 10.1 Å². The first-order valence-corrected chi connectivity index (χ1v) is 7.09. The molecule has 1 aromatic rings. The summed E-state index contributed by atoms with van der Waals surface area (Å²) in [4.78, 5) is 11.9. The standard InChI is InChI=1S/C14H15BrN2O2/c15-11-5-4-10(9-16)13(7-11)17-14(18)8-12-3-1-2-6-19-12/h4-5,7,12H,1-3,6,8H2,(H,17,18). The molecule has 100 valence electrons. The van der Waals surface area contributed by atoms with E-state index >= 15 is 0 Å². The van der Waals surface area contributed by atoms with E-state index in [1.165, 1.54) is 0 Å². The van der Waals surface area contributed by atoms with Gasteiger partial charge in [0.15, 0.2) is 0 Å². The summed E-state index contributed by atoms with van der Waals surface area (Å²) < 4.78 is 6.36. The van der Waals surface area contributed by atoms with Crippen molar-refractivity contribution < 1.29 is 9.53 Å². The molecule has 1 heterocycles. The number of nitriles is 1. The second-order valence-electron chi connectivity index (χ2n) is 4.54. The van der Waals surface area contributed by atoms with Crippen LogP contribution < -0.4 is 5.32 Å². The Morgan fingerprint density at radius 3 is 3.05 bits per heavy atom. The molecule has 1 atom stereocenters. The minimum atomic E-state index is -0.110. The number of carbonyl (C=O) groups excluding carboxylic acids is 1. The molecule has 1 aliphatic rings. The maximum Gasteiger partial charge on any atom is 0.227 e. The lowest BCUT2D eigenvalue weighted by Crippen LogP contribution is -2.25. The Balaban J connectivity index is 1.98. The highest BCUT2D eigenvalue weighted by Gasteiger charge is 2.18. The molecule has 19 heavy (non-hydrogen) atoms. The van der Waals surface area contributed by atoms with Crippen molar-refractivity contribution in [1.82, 2.24) is 0 Å². The van der Waals surface area contributed by atoms with E-state index in [1.807, 2.05) is 0 Å². The van der Waals surface area contributed by atoms with Crippen molar-refractivity contribution in [2.24, 2.45) is 0 Å². The highest BCUT2D eigenvalue weighted by Crippen LogP contribution is 2.22. The summed E-state index contributed by atoms with van der Waals surface area (Å²) in [5, 5.41) is 11.8. The second kappa shape index (κ2) is 6.69. The summed E-state index contributed by atoms with van der Waals surface area (Å²) in [6.45, 7) is 0.734. The van der Waals surface area contributed by atoms with Crippen LogP contribution in [0.15, 0.2) is 22.7 Å². The monoisotopic (exact) mass is 322 g/mol. The Morgan fingerprint density at radius 2 is 2.37 bits per heavy atom. The third-order valence-corrected chi connectivity index (χ3v) is 3.56. The van der Waals surface area contributed by atoms with Crippen LogP contribution in [0, 0.1) is 11.3 Å². The molecule has 0 aromatic heterocycles. The van der Waals surface area contributed by atoms with E-state index in [1.54, 1.807) is 18.2 Å². The van der Waals surface area contributed by atoms with Crippen molar-refractivity contribution in [3.63, 3.8) is 0 Å². The quantitative estimate of drug-likeness (QED) is 0.929. The molecule has 1 unspecified atom stereocenters. The summed E-state index contributed by atoms with van der Waals surface area (Å²) in [7, 11) is 0. The lowest BCUT2D eigenvalue weighted by atomic mass is 10.1. The maximum absolute atomic E-state index is 11.9. The SMILES string of the molecule is N#Cc1ccc(Br)cc1NC(=O)CC1CCCCO1. The lowest BCUT2D eigenvalue weighted by Gasteiger charge is -2.22. The van der Waals surface area contributed by atoms with Gasteiger partial charge in [0.2, 0.25) is 5.91 Å². The van der Waals surface area contributed by atoms with Gasteiger partial charge in [0.1, 0.15) is 6.07 Å². The molecular formula is C14H15BrN2O2. The largest absolute Gasteiger partial charge is 0.378 e. The predicted octanol–water partition coefficient (Wildman–Crippen LogP) is 3.22. The number of benzene rings is 1. The fraction of sp³-hybridized carbons (Fsp3) is 0.429. The van der Waals surface area contributed by atoms with Gasteiger partial charge in [0.05, 0.1) is 23.8 Å². The molecule has 0 saturated carbocycles. The van der Waals surface area contributed by atoms with E-state index in [-0.39, 0.29) is 12.0 Å². The highest BCUT2D eigenvalue weighted by molar-refractivity contribution is 9.10. The van der Waals surface area contributed by atoms with E-state index in [9.17, 15) is 4.79 Å². The minimum absolute atomic E-state index is 0.00596. The van der Waals surface area contributed by atoms with Crippen LogP contribution in [0.3, 0.4) is 0 Å². The first-order chi connectivity index (χ1) is 9.19. The highest BCUT2D eigenvalue weighted by atomic mass is 79.9. The third-order valence-electron chi connectivity index (χ3n) is 3.06. The molecule has 1 N–H and O–H groups in total. The fourth-order valence-corrected chi connectivity index (χ4v) is 2.45. The molecule has 0 aliphatic carbocycles. The van der Waals surface area contributed by atoms with Gasteiger partial charge in [-0.1, -0.05) is 15.9 Å². The molecule has 1 fully saturated rings. The number of anilines is 1. The van der Waals surface area contributed by atoms with Crippen molar-refractivity contribution in [3.05, 3.63) is 28.2 Å². The first kappa shape index (κ1) is 14.0. The zero-order chi connectivity index (χ0) is 13.7. The van der Waals surface area contributed by atoms with E-state index < -0.39 is 0 Å². The fourth-order valence-electron chi connectivity index (χ4n) is 2.09. The van der Waals surface area contributed by atoms with Gasteiger partial charge in [-0.15, -0.1) is 0 Å². The number of rotatable bonds is 3. The number of hydrogen-bond donors (Lipinski definition) is 1. The van der Waals surface area contributed by atoms with Gasteiger partial charge in [-0.25, -0.2) is 0 Å². The summed E-state index contributed by atoms with van der Waals surface area (Å²) in [6.07, 6.45) is 3.46.